The molecule has 7 nitrogen and oxygen atoms in total. The molecule has 1 N–H and O–H groups in total. The Morgan fingerprint density at radius 1 is 1.08 bits per heavy atom. The second-order valence-corrected chi connectivity index (χ2v) is 8.53. The highest BCUT2D eigenvalue weighted by atomic mass is 32.2. The number of nitrogens with zero attached hydrogens (tertiary/aromatic N) is 1. The van der Waals surface area contributed by atoms with Crippen LogP contribution in [-0.2, 0) is 19.5 Å². The molecule has 1 aromatic rings. The van der Waals surface area contributed by atoms with Gasteiger partial charge in [0.1, 0.15) is 0 Å². The van der Waals surface area contributed by atoms with Gasteiger partial charge in [-0.05, 0) is 37.1 Å². The molecule has 0 unspecified atom stereocenters. The van der Waals surface area contributed by atoms with Crippen molar-refractivity contribution in [1.82, 2.24) is 9.62 Å². The van der Waals surface area contributed by atoms with Crippen molar-refractivity contribution >= 4 is 15.9 Å². The summed E-state index contributed by atoms with van der Waals surface area (Å²) in [6, 6.07) is 6.21. The van der Waals surface area contributed by atoms with Gasteiger partial charge in [-0.15, -0.1) is 0 Å². The highest BCUT2D eigenvalue weighted by Gasteiger charge is 2.40. The SMILES string of the molecule is O=C(c1ccc(S(=O)(=O)NC2CC2)cc1)N1CCC2(CC1)OCCO2. The summed E-state index contributed by atoms with van der Waals surface area (Å²) >= 11 is 0. The third-order valence-electron chi connectivity index (χ3n) is 4.94. The van der Waals surface area contributed by atoms with Crippen molar-refractivity contribution in [1.29, 1.82) is 0 Å². The van der Waals surface area contributed by atoms with Crippen LogP contribution in [0.3, 0.4) is 0 Å². The fourth-order valence-corrected chi connectivity index (χ4v) is 4.59. The van der Waals surface area contributed by atoms with E-state index in [0.29, 0.717) is 44.7 Å². The highest BCUT2D eigenvalue weighted by Crippen LogP contribution is 2.31. The quantitative estimate of drug-likeness (QED) is 0.863. The van der Waals surface area contributed by atoms with E-state index >= 15 is 0 Å². The number of hydrogen-bond acceptors (Lipinski definition) is 5. The Hall–Kier alpha value is -1.48. The van der Waals surface area contributed by atoms with E-state index in [0.717, 1.165) is 12.8 Å². The van der Waals surface area contributed by atoms with Crippen LogP contribution >= 0.6 is 0 Å². The zero-order chi connectivity index (χ0) is 17.5. The lowest BCUT2D eigenvalue weighted by molar-refractivity contribution is -0.181. The largest absolute Gasteiger partial charge is 0.347 e. The van der Waals surface area contributed by atoms with Gasteiger partial charge in [0.15, 0.2) is 5.79 Å². The number of amides is 1. The van der Waals surface area contributed by atoms with Crippen LogP contribution in [0.15, 0.2) is 29.2 Å². The van der Waals surface area contributed by atoms with E-state index in [-0.39, 0.29) is 16.8 Å². The number of piperidine rings is 1. The number of hydrogen-bond donors (Lipinski definition) is 1. The molecule has 3 aliphatic rings. The summed E-state index contributed by atoms with van der Waals surface area (Å²) in [4.78, 5) is 14.6. The molecule has 0 bridgehead atoms. The average molecular weight is 366 g/mol. The molecule has 0 atom stereocenters. The minimum atomic E-state index is -3.49. The first-order valence-corrected chi connectivity index (χ1v) is 10.2. The molecule has 2 heterocycles. The zero-order valence-corrected chi connectivity index (χ0v) is 14.8. The van der Waals surface area contributed by atoms with Gasteiger partial charge in [-0.2, -0.15) is 0 Å². The van der Waals surface area contributed by atoms with Crippen molar-refractivity contribution in [3.8, 4) is 0 Å². The smallest absolute Gasteiger partial charge is 0.253 e. The van der Waals surface area contributed by atoms with Crippen molar-refractivity contribution in [3.05, 3.63) is 29.8 Å². The molecule has 0 radical (unpaired) electrons. The molecule has 1 saturated carbocycles. The molecule has 1 amide bonds. The van der Waals surface area contributed by atoms with Gasteiger partial charge in [0.2, 0.25) is 10.0 Å². The Labute approximate surface area is 147 Å². The molecular formula is C17H22N2O5S. The van der Waals surface area contributed by atoms with Gasteiger partial charge in [0.05, 0.1) is 18.1 Å². The Kier molecular flexibility index (Phi) is 4.31. The summed E-state index contributed by atoms with van der Waals surface area (Å²) in [6.07, 6.45) is 3.10. The summed E-state index contributed by atoms with van der Waals surface area (Å²) in [5, 5.41) is 0. The van der Waals surface area contributed by atoms with Crippen LogP contribution in [0.2, 0.25) is 0 Å². The topological polar surface area (TPSA) is 84.9 Å². The molecule has 2 aliphatic heterocycles. The Balaban J connectivity index is 1.40. The normalized spacial score (nSPS) is 23.1. The molecule has 3 fully saturated rings. The molecule has 136 valence electrons. The van der Waals surface area contributed by atoms with E-state index in [2.05, 4.69) is 4.72 Å². The van der Waals surface area contributed by atoms with Crippen LogP contribution in [0.1, 0.15) is 36.0 Å². The van der Waals surface area contributed by atoms with Crippen LogP contribution < -0.4 is 4.72 Å². The minimum absolute atomic E-state index is 0.0620. The monoisotopic (exact) mass is 366 g/mol. The minimum Gasteiger partial charge on any atom is -0.347 e. The van der Waals surface area contributed by atoms with E-state index in [4.69, 9.17) is 9.47 Å². The summed E-state index contributed by atoms with van der Waals surface area (Å²) in [5.74, 6) is -0.602. The Bertz CT molecular complexity index is 742. The lowest BCUT2D eigenvalue weighted by atomic mass is 10.0. The average Bonchev–Trinajstić information content (AvgIpc) is 3.31. The van der Waals surface area contributed by atoms with Crippen LogP contribution in [0.25, 0.3) is 0 Å². The molecule has 1 aromatic carbocycles. The Morgan fingerprint density at radius 3 is 2.24 bits per heavy atom. The molecular weight excluding hydrogens is 344 g/mol. The van der Waals surface area contributed by atoms with Crippen molar-refractivity contribution < 1.29 is 22.7 Å². The summed E-state index contributed by atoms with van der Waals surface area (Å²) < 4.78 is 38.3. The van der Waals surface area contributed by atoms with E-state index in [1.165, 1.54) is 12.1 Å². The lowest BCUT2D eigenvalue weighted by Gasteiger charge is -2.37. The summed E-state index contributed by atoms with van der Waals surface area (Å²) in [6.45, 7) is 2.36. The fourth-order valence-electron chi connectivity index (χ4n) is 3.28. The number of carbonyl (C=O) groups is 1. The predicted molar refractivity (Wildman–Crippen MR) is 89.6 cm³/mol. The third-order valence-corrected chi connectivity index (χ3v) is 6.47. The van der Waals surface area contributed by atoms with Gasteiger partial charge in [-0.3, -0.25) is 4.79 Å². The number of nitrogens with one attached hydrogen (secondary N) is 1. The van der Waals surface area contributed by atoms with Gasteiger partial charge in [0, 0.05) is 37.5 Å². The second kappa shape index (κ2) is 6.35. The lowest BCUT2D eigenvalue weighted by Crippen LogP contribution is -2.47. The van der Waals surface area contributed by atoms with Gasteiger partial charge in [-0.25, -0.2) is 13.1 Å². The van der Waals surface area contributed by atoms with Crippen LogP contribution in [0.4, 0.5) is 0 Å². The van der Waals surface area contributed by atoms with Crippen molar-refractivity contribution in [2.75, 3.05) is 26.3 Å². The molecule has 1 aliphatic carbocycles. The number of ether oxygens (including phenoxy) is 2. The van der Waals surface area contributed by atoms with Crippen LogP contribution in [0, 0.1) is 0 Å². The maximum atomic E-state index is 12.6. The fraction of sp³-hybridized carbons (Fsp3) is 0.588. The van der Waals surface area contributed by atoms with Crippen molar-refractivity contribution in [3.63, 3.8) is 0 Å². The molecule has 25 heavy (non-hydrogen) atoms. The number of likely N-dealkylation sites (tertiary alicyclic amines) is 1. The summed E-state index contributed by atoms with van der Waals surface area (Å²) in [7, 11) is -3.49. The summed E-state index contributed by atoms with van der Waals surface area (Å²) in [5.41, 5.74) is 0.495. The molecule has 2 saturated heterocycles. The number of sulfonamides is 1. The second-order valence-electron chi connectivity index (χ2n) is 6.82. The van der Waals surface area contributed by atoms with Gasteiger partial charge in [-0.1, -0.05) is 0 Å². The number of carbonyl (C=O) groups excluding carboxylic acids is 1. The van der Waals surface area contributed by atoms with Gasteiger partial charge in [0.25, 0.3) is 5.91 Å². The number of benzene rings is 1. The third kappa shape index (κ3) is 3.57. The van der Waals surface area contributed by atoms with Crippen LogP contribution in [-0.4, -0.2) is 57.4 Å². The van der Waals surface area contributed by atoms with Crippen LogP contribution in [0.5, 0.6) is 0 Å². The molecule has 8 heteroatoms. The first-order chi connectivity index (χ1) is 12.0. The zero-order valence-electron chi connectivity index (χ0n) is 13.9. The van der Waals surface area contributed by atoms with E-state index in [1.807, 2.05) is 0 Å². The first kappa shape index (κ1) is 17.0. The predicted octanol–water partition coefficient (Wildman–Crippen LogP) is 1.11. The molecule has 1 spiro atoms. The van der Waals surface area contributed by atoms with Crippen molar-refractivity contribution in [2.24, 2.45) is 0 Å². The number of rotatable bonds is 4. The van der Waals surface area contributed by atoms with Gasteiger partial charge < -0.3 is 14.4 Å². The van der Waals surface area contributed by atoms with Crippen molar-refractivity contribution in [2.45, 2.75) is 42.4 Å². The maximum absolute atomic E-state index is 12.6. The Morgan fingerprint density at radius 2 is 1.68 bits per heavy atom. The highest BCUT2D eigenvalue weighted by molar-refractivity contribution is 7.89. The molecule has 0 aromatic heterocycles. The van der Waals surface area contributed by atoms with E-state index in [9.17, 15) is 13.2 Å². The van der Waals surface area contributed by atoms with Gasteiger partial charge >= 0.3 is 0 Å². The molecule has 4 rings (SSSR count). The maximum Gasteiger partial charge on any atom is 0.253 e. The first-order valence-electron chi connectivity index (χ1n) is 8.67. The standard InChI is InChI=1S/C17H22N2O5S/c20-16(19-9-7-17(8-10-19)23-11-12-24-17)13-1-5-15(6-2-13)25(21,22)18-14-3-4-14/h1-2,5-6,14,18H,3-4,7-12H2. The van der Waals surface area contributed by atoms with E-state index < -0.39 is 15.8 Å². The van der Waals surface area contributed by atoms with E-state index in [1.54, 1.807) is 17.0 Å².